The largest absolute Gasteiger partial charge is 0.335 e. The number of para-hydroxylation sites is 1. The summed E-state index contributed by atoms with van der Waals surface area (Å²) in [6, 6.07) is 15.1. The maximum atomic E-state index is 12.4. The Hall–Kier alpha value is -2.51. The fourth-order valence-electron chi connectivity index (χ4n) is 2.78. The van der Waals surface area contributed by atoms with E-state index in [1.165, 1.54) is 16.4 Å². The molecule has 0 spiro atoms. The van der Waals surface area contributed by atoms with E-state index >= 15 is 0 Å². The summed E-state index contributed by atoms with van der Waals surface area (Å²) < 4.78 is 1.35. The molecule has 2 aromatic carbocycles. The zero-order chi connectivity index (χ0) is 20.1. The Morgan fingerprint density at radius 3 is 2.68 bits per heavy atom. The Bertz CT molecular complexity index is 975. The Morgan fingerprint density at radius 1 is 1.21 bits per heavy atom. The maximum Gasteiger partial charge on any atom is 0.234 e. The van der Waals surface area contributed by atoms with E-state index in [2.05, 4.69) is 29.4 Å². The molecule has 1 amide bonds. The van der Waals surface area contributed by atoms with Crippen LogP contribution in [0.1, 0.15) is 31.7 Å². The summed E-state index contributed by atoms with van der Waals surface area (Å²) in [5.41, 5.74) is 2.66. The third kappa shape index (κ3) is 4.48. The second-order valence-corrected chi connectivity index (χ2v) is 7.74. The number of thioether (sulfide) groups is 1. The molecule has 0 saturated heterocycles. The minimum Gasteiger partial charge on any atom is -0.335 e. The Balaban J connectivity index is 1.67. The van der Waals surface area contributed by atoms with Crippen LogP contribution < -0.4 is 11.2 Å². The molecule has 8 heteroatoms. The maximum absolute atomic E-state index is 12.4. The monoisotopic (exact) mass is 415 g/mol. The molecule has 3 N–H and O–H groups in total. The second-order valence-electron chi connectivity index (χ2n) is 6.39. The number of carbonyl (C=O) groups is 1. The number of nitrogens with one attached hydrogen (secondary N) is 1. The standard InChI is InChI=1S/C20H22ClN5OS/c1-3-13(2)14-8-5-7-11-17(14)23-18(27)12-28-20-25-24-19(26(20)22)15-9-4-6-10-16(15)21/h4-11,13H,3,12,22H2,1-2H3,(H,23,27)/t13-/m0/s1. The number of aromatic nitrogens is 3. The molecule has 0 bridgehead atoms. The fourth-order valence-corrected chi connectivity index (χ4v) is 3.66. The molecule has 0 aliphatic carbocycles. The molecule has 0 unspecified atom stereocenters. The lowest BCUT2D eigenvalue weighted by Crippen LogP contribution is -2.17. The first-order valence-electron chi connectivity index (χ1n) is 8.98. The highest BCUT2D eigenvalue weighted by Crippen LogP contribution is 2.29. The normalized spacial score (nSPS) is 12.0. The summed E-state index contributed by atoms with van der Waals surface area (Å²) in [4.78, 5) is 12.4. The summed E-state index contributed by atoms with van der Waals surface area (Å²) in [7, 11) is 0. The molecule has 0 saturated carbocycles. The molecule has 0 aliphatic rings. The fraction of sp³-hybridized carbons (Fsp3) is 0.250. The van der Waals surface area contributed by atoms with Crippen LogP contribution in [0, 0.1) is 0 Å². The molecular weight excluding hydrogens is 394 g/mol. The lowest BCUT2D eigenvalue weighted by atomic mass is 9.97. The van der Waals surface area contributed by atoms with Gasteiger partial charge in [-0.2, -0.15) is 0 Å². The lowest BCUT2D eigenvalue weighted by Gasteiger charge is -2.15. The molecule has 1 heterocycles. The van der Waals surface area contributed by atoms with Crippen molar-refractivity contribution in [2.75, 3.05) is 16.9 Å². The number of nitrogens with two attached hydrogens (primary N) is 1. The van der Waals surface area contributed by atoms with Crippen molar-refractivity contribution < 1.29 is 4.79 Å². The number of nitrogen functional groups attached to an aromatic ring is 1. The number of halogens is 1. The number of hydrogen-bond donors (Lipinski definition) is 2. The molecule has 146 valence electrons. The average Bonchev–Trinajstić information content (AvgIpc) is 3.07. The van der Waals surface area contributed by atoms with Crippen LogP contribution in [0.15, 0.2) is 53.7 Å². The van der Waals surface area contributed by atoms with Crippen molar-refractivity contribution in [3.8, 4) is 11.4 Å². The number of carbonyl (C=O) groups excluding carboxylic acids is 1. The molecular formula is C20H22ClN5OS. The van der Waals surface area contributed by atoms with E-state index in [4.69, 9.17) is 17.4 Å². The van der Waals surface area contributed by atoms with E-state index in [1.54, 1.807) is 6.07 Å². The van der Waals surface area contributed by atoms with E-state index in [9.17, 15) is 4.79 Å². The highest BCUT2D eigenvalue weighted by molar-refractivity contribution is 7.99. The van der Waals surface area contributed by atoms with Crippen molar-refractivity contribution in [1.82, 2.24) is 14.9 Å². The van der Waals surface area contributed by atoms with E-state index in [-0.39, 0.29) is 11.7 Å². The lowest BCUT2D eigenvalue weighted by molar-refractivity contribution is -0.113. The van der Waals surface area contributed by atoms with Gasteiger partial charge in [0.2, 0.25) is 11.1 Å². The topological polar surface area (TPSA) is 85.8 Å². The molecule has 1 aromatic heterocycles. The Labute approximate surface area is 173 Å². The van der Waals surface area contributed by atoms with Crippen molar-refractivity contribution in [1.29, 1.82) is 0 Å². The molecule has 3 aromatic rings. The molecule has 0 fully saturated rings. The number of benzene rings is 2. The molecule has 1 atom stereocenters. The number of anilines is 1. The Kier molecular flexibility index (Phi) is 6.59. The molecule has 3 rings (SSSR count). The predicted molar refractivity (Wildman–Crippen MR) is 115 cm³/mol. The first kappa shape index (κ1) is 20.2. The molecule has 0 radical (unpaired) electrons. The molecule has 0 aliphatic heterocycles. The van der Waals surface area contributed by atoms with Crippen LogP contribution in [0.3, 0.4) is 0 Å². The Morgan fingerprint density at radius 2 is 1.93 bits per heavy atom. The quantitative estimate of drug-likeness (QED) is 0.436. The third-order valence-electron chi connectivity index (χ3n) is 4.49. The average molecular weight is 416 g/mol. The van der Waals surface area contributed by atoms with Gasteiger partial charge in [0.25, 0.3) is 0 Å². The highest BCUT2D eigenvalue weighted by Gasteiger charge is 2.16. The minimum atomic E-state index is -0.122. The number of nitrogens with zero attached hydrogens (tertiary/aromatic N) is 3. The van der Waals surface area contributed by atoms with Gasteiger partial charge >= 0.3 is 0 Å². The van der Waals surface area contributed by atoms with Crippen LogP contribution in [0.4, 0.5) is 5.69 Å². The second kappa shape index (κ2) is 9.12. The van der Waals surface area contributed by atoms with Gasteiger partial charge in [-0.15, -0.1) is 10.2 Å². The highest BCUT2D eigenvalue weighted by atomic mass is 35.5. The van der Waals surface area contributed by atoms with Crippen molar-refractivity contribution in [2.45, 2.75) is 31.3 Å². The number of rotatable bonds is 7. The van der Waals surface area contributed by atoms with Gasteiger partial charge in [-0.25, -0.2) is 4.68 Å². The van der Waals surface area contributed by atoms with Gasteiger partial charge in [0.1, 0.15) is 0 Å². The van der Waals surface area contributed by atoms with Gasteiger partial charge in [0.15, 0.2) is 5.82 Å². The molecule has 6 nitrogen and oxygen atoms in total. The van der Waals surface area contributed by atoms with Crippen molar-refractivity contribution in [3.05, 3.63) is 59.1 Å². The first-order valence-corrected chi connectivity index (χ1v) is 10.3. The van der Waals surface area contributed by atoms with Crippen LogP contribution >= 0.6 is 23.4 Å². The summed E-state index contributed by atoms with van der Waals surface area (Å²) in [6.45, 7) is 4.27. The third-order valence-corrected chi connectivity index (χ3v) is 5.76. The van der Waals surface area contributed by atoms with Crippen molar-refractivity contribution >= 4 is 35.0 Å². The minimum absolute atomic E-state index is 0.122. The van der Waals surface area contributed by atoms with E-state index in [0.29, 0.717) is 27.5 Å². The van der Waals surface area contributed by atoms with Gasteiger partial charge in [0, 0.05) is 11.3 Å². The van der Waals surface area contributed by atoms with Crippen LogP contribution in [0.25, 0.3) is 11.4 Å². The van der Waals surface area contributed by atoms with Gasteiger partial charge in [-0.3, -0.25) is 4.79 Å². The number of amides is 1. The first-order chi connectivity index (χ1) is 13.5. The van der Waals surface area contributed by atoms with E-state index < -0.39 is 0 Å². The summed E-state index contributed by atoms with van der Waals surface area (Å²) in [5, 5.41) is 12.2. The van der Waals surface area contributed by atoms with Crippen LogP contribution in [0.5, 0.6) is 0 Å². The van der Waals surface area contributed by atoms with Crippen molar-refractivity contribution in [3.63, 3.8) is 0 Å². The van der Waals surface area contributed by atoms with Crippen LogP contribution in [-0.2, 0) is 4.79 Å². The zero-order valence-corrected chi connectivity index (χ0v) is 17.3. The zero-order valence-electron chi connectivity index (χ0n) is 15.7. The number of hydrogen-bond acceptors (Lipinski definition) is 5. The van der Waals surface area contributed by atoms with E-state index in [1.807, 2.05) is 42.5 Å². The van der Waals surface area contributed by atoms with Crippen LogP contribution in [-0.4, -0.2) is 26.5 Å². The summed E-state index contributed by atoms with van der Waals surface area (Å²) in [5.74, 6) is 6.98. The molecule has 28 heavy (non-hydrogen) atoms. The van der Waals surface area contributed by atoms with Gasteiger partial charge in [-0.05, 0) is 36.1 Å². The smallest absolute Gasteiger partial charge is 0.234 e. The summed E-state index contributed by atoms with van der Waals surface area (Å²) >= 11 is 7.43. The summed E-state index contributed by atoms with van der Waals surface area (Å²) in [6.07, 6.45) is 1.00. The van der Waals surface area contributed by atoms with Crippen molar-refractivity contribution in [2.24, 2.45) is 0 Å². The van der Waals surface area contributed by atoms with E-state index in [0.717, 1.165) is 17.7 Å². The van der Waals surface area contributed by atoms with Gasteiger partial charge < -0.3 is 11.2 Å². The van der Waals surface area contributed by atoms with Crippen LogP contribution in [0.2, 0.25) is 5.02 Å². The SMILES string of the molecule is CC[C@H](C)c1ccccc1NC(=O)CSc1nnc(-c2ccccc2Cl)n1N. The predicted octanol–water partition coefficient (Wildman–Crippen LogP) is 4.56. The van der Waals surface area contributed by atoms with Gasteiger partial charge in [-0.1, -0.05) is 67.5 Å². The van der Waals surface area contributed by atoms with Gasteiger partial charge in [0.05, 0.1) is 10.8 Å².